The molecule has 1 amide bonds. The van der Waals surface area contributed by atoms with E-state index in [0.717, 1.165) is 17.8 Å². The summed E-state index contributed by atoms with van der Waals surface area (Å²) in [6, 6.07) is 11.7. The molecule has 0 saturated heterocycles. The van der Waals surface area contributed by atoms with Crippen molar-refractivity contribution in [2.24, 2.45) is 0 Å². The molecule has 146 valence electrons. The van der Waals surface area contributed by atoms with Crippen molar-refractivity contribution < 1.29 is 27.1 Å². The number of aromatic nitrogens is 2. The first kappa shape index (κ1) is 19.7. The van der Waals surface area contributed by atoms with Crippen LogP contribution in [0.5, 0.6) is 5.75 Å². The summed E-state index contributed by atoms with van der Waals surface area (Å²) in [5.74, 6) is 0.128. The van der Waals surface area contributed by atoms with Crippen LogP contribution in [-0.4, -0.2) is 29.0 Å². The van der Waals surface area contributed by atoms with Gasteiger partial charge in [-0.25, -0.2) is 0 Å². The van der Waals surface area contributed by atoms with Crippen LogP contribution in [0.4, 0.5) is 18.9 Å². The lowest BCUT2D eigenvalue weighted by molar-refractivity contribution is -0.137. The van der Waals surface area contributed by atoms with Gasteiger partial charge in [-0.3, -0.25) is 4.79 Å². The smallest absolute Gasteiger partial charge is 0.418 e. The van der Waals surface area contributed by atoms with Crippen molar-refractivity contribution in [3.8, 4) is 17.2 Å². The Morgan fingerprint density at radius 1 is 1.14 bits per heavy atom. The number of hydrogen-bond donors (Lipinski definition) is 1. The summed E-state index contributed by atoms with van der Waals surface area (Å²) in [5.41, 5.74) is -0.540. The third-order valence-corrected chi connectivity index (χ3v) is 4.40. The van der Waals surface area contributed by atoms with Gasteiger partial charge in [-0.2, -0.15) is 13.2 Å². The van der Waals surface area contributed by atoms with Gasteiger partial charge in [0, 0.05) is 5.56 Å². The largest absolute Gasteiger partial charge is 0.497 e. The van der Waals surface area contributed by atoms with Crippen molar-refractivity contribution in [1.29, 1.82) is 0 Å². The second-order valence-electron chi connectivity index (χ2n) is 5.48. The molecule has 0 unspecified atom stereocenters. The minimum atomic E-state index is -4.56. The predicted octanol–water partition coefficient (Wildman–Crippen LogP) is 4.49. The number of nitrogens with zero attached hydrogens (tertiary/aromatic N) is 2. The summed E-state index contributed by atoms with van der Waals surface area (Å²) < 4.78 is 49.4. The summed E-state index contributed by atoms with van der Waals surface area (Å²) in [5, 5.41) is 10.1. The molecule has 6 nitrogen and oxygen atoms in total. The highest BCUT2D eigenvalue weighted by atomic mass is 32.2. The summed E-state index contributed by atoms with van der Waals surface area (Å²) in [7, 11) is 1.55. The molecule has 0 aliphatic rings. The highest BCUT2D eigenvalue weighted by Gasteiger charge is 2.33. The third-order valence-electron chi connectivity index (χ3n) is 3.58. The Morgan fingerprint density at radius 3 is 2.54 bits per heavy atom. The number of thioether (sulfide) groups is 1. The van der Waals surface area contributed by atoms with Crippen LogP contribution in [0.25, 0.3) is 11.5 Å². The van der Waals surface area contributed by atoms with Crippen molar-refractivity contribution in [2.75, 3.05) is 18.2 Å². The number of rotatable bonds is 6. The SMILES string of the molecule is COc1ccc(-c2nnc(SCC(=O)Nc3ccccc3C(F)(F)F)o2)cc1. The fraction of sp³-hybridized carbons (Fsp3) is 0.167. The number of carbonyl (C=O) groups is 1. The van der Waals surface area contributed by atoms with Gasteiger partial charge in [0.05, 0.1) is 24.1 Å². The number of para-hydroxylation sites is 1. The minimum Gasteiger partial charge on any atom is -0.497 e. The van der Waals surface area contributed by atoms with E-state index in [1.165, 1.54) is 18.2 Å². The molecule has 0 saturated carbocycles. The molecule has 0 bridgehead atoms. The maximum atomic E-state index is 13.0. The molecule has 0 aliphatic heterocycles. The Labute approximate surface area is 162 Å². The molecule has 2 aromatic carbocycles. The highest BCUT2D eigenvalue weighted by molar-refractivity contribution is 7.99. The number of carbonyl (C=O) groups excluding carboxylic acids is 1. The van der Waals surface area contributed by atoms with E-state index in [4.69, 9.17) is 9.15 Å². The molecule has 3 rings (SSSR count). The fourth-order valence-corrected chi connectivity index (χ4v) is 2.83. The molecule has 1 heterocycles. The van der Waals surface area contributed by atoms with Gasteiger partial charge in [-0.1, -0.05) is 23.9 Å². The number of amides is 1. The summed E-state index contributed by atoms with van der Waals surface area (Å²) in [6.45, 7) is 0. The average molecular weight is 409 g/mol. The lowest BCUT2D eigenvalue weighted by Gasteiger charge is -2.13. The van der Waals surface area contributed by atoms with Crippen LogP contribution < -0.4 is 10.1 Å². The lowest BCUT2D eigenvalue weighted by atomic mass is 10.1. The first-order chi connectivity index (χ1) is 13.4. The highest BCUT2D eigenvalue weighted by Crippen LogP contribution is 2.34. The van der Waals surface area contributed by atoms with Gasteiger partial charge in [0.1, 0.15) is 5.75 Å². The first-order valence-electron chi connectivity index (χ1n) is 7.93. The number of anilines is 1. The minimum absolute atomic E-state index is 0.130. The number of benzene rings is 2. The molecule has 0 radical (unpaired) electrons. The molecule has 0 spiro atoms. The van der Waals surface area contributed by atoms with E-state index in [-0.39, 0.29) is 22.6 Å². The number of hydrogen-bond acceptors (Lipinski definition) is 6. The second-order valence-corrected chi connectivity index (χ2v) is 6.41. The molecule has 1 N–H and O–H groups in total. The predicted molar refractivity (Wildman–Crippen MR) is 97.1 cm³/mol. The number of ether oxygens (including phenoxy) is 1. The zero-order valence-corrected chi connectivity index (χ0v) is 15.3. The molecule has 28 heavy (non-hydrogen) atoms. The van der Waals surface area contributed by atoms with Crippen molar-refractivity contribution in [2.45, 2.75) is 11.4 Å². The van der Waals surface area contributed by atoms with E-state index >= 15 is 0 Å². The standard InChI is InChI=1S/C18H14F3N3O3S/c1-26-12-8-6-11(7-9-12)16-23-24-17(27-16)28-10-15(25)22-14-5-3-2-4-13(14)18(19,20)21/h2-9H,10H2,1H3,(H,22,25). The van der Waals surface area contributed by atoms with Crippen LogP contribution in [0.15, 0.2) is 58.2 Å². The second kappa shape index (κ2) is 8.34. The molecule has 0 fully saturated rings. The maximum absolute atomic E-state index is 13.0. The molecule has 1 aromatic heterocycles. The van der Waals surface area contributed by atoms with E-state index in [1.54, 1.807) is 31.4 Å². The van der Waals surface area contributed by atoms with Crippen LogP contribution in [0.3, 0.4) is 0 Å². The summed E-state index contributed by atoms with van der Waals surface area (Å²) >= 11 is 0.926. The summed E-state index contributed by atoms with van der Waals surface area (Å²) in [6.07, 6.45) is -4.56. The van der Waals surface area contributed by atoms with Crippen molar-refractivity contribution in [1.82, 2.24) is 10.2 Å². The zero-order chi connectivity index (χ0) is 20.1. The van der Waals surface area contributed by atoms with Crippen molar-refractivity contribution in [3.05, 3.63) is 54.1 Å². The lowest BCUT2D eigenvalue weighted by Crippen LogP contribution is -2.18. The molecular weight excluding hydrogens is 395 g/mol. The van der Waals surface area contributed by atoms with E-state index in [1.807, 2.05) is 0 Å². The Balaban J connectivity index is 1.61. The molecule has 0 aliphatic carbocycles. The van der Waals surface area contributed by atoms with Crippen molar-refractivity contribution >= 4 is 23.4 Å². The van der Waals surface area contributed by atoms with Gasteiger partial charge in [0.15, 0.2) is 0 Å². The van der Waals surface area contributed by atoms with Gasteiger partial charge < -0.3 is 14.5 Å². The van der Waals surface area contributed by atoms with Crippen LogP contribution in [0.2, 0.25) is 0 Å². The van der Waals surface area contributed by atoms with Crippen LogP contribution in [0.1, 0.15) is 5.56 Å². The molecule has 3 aromatic rings. The van der Waals surface area contributed by atoms with Crippen LogP contribution in [0, 0.1) is 0 Å². The van der Waals surface area contributed by atoms with Gasteiger partial charge in [0.25, 0.3) is 5.22 Å². The Kier molecular flexibility index (Phi) is 5.88. The van der Waals surface area contributed by atoms with E-state index in [0.29, 0.717) is 11.3 Å². The van der Waals surface area contributed by atoms with E-state index in [2.05, 4.69) is 15.5 Å². The van der Waals surface area contributed by atoms with E-state index < -0.39 is 17.6 Å². The van der Waals surface area contributed by atoms with E-state index in [9.17, 15) is 18.0 Å². The number of halogens is 3. The topological polar surface area (TPSA) is 77.2 Å². The normalized spacial score (nSPS) is 11.3. The molecule has 0 atom stereocenters. The zero-order valence-electron chi connectivity index (χ0n) is 14.5. The third kappa shape index (κ3) is 4.83. The van der Waals surface area contributed by atoms with Gasteiger partial charge in [-0.05, 0) is 36.4 Å². The fourth-order valence-electron chi connectivity index (χ4n) is 2.27. The van der Waals surface area contributed by atoms with Gasteiger partial charge in [-0.15, -0.1) is 10.2 Å². The molecule has 10 heteroatoms. The maximum Gasteiger partial charge on any atom is 0.418 e. The Bertz CT molecular complexity index is 958. The average Bonchev–Trinajstić information content (AvgIpc) is 3.15. The van der Waals surface area contributed by atoms with Crippen molar-refractivity contribution in [3.63, 3.8) is 0 Å². The Hall–Kier alpha value is -3.01. The van der Waals surface area contributed by atoms with Gasteiger partial charge >= 0.3 is 6.18 Å². The number of alkyl halides is 3. The summed E-state index contributed by atoms with van der Waals surface area (Å²) in [4.78, 5) is 12.0. The monoisotopic (exact) mass is 409 g/mol. The van der Waals surface area contributed by atoms with Gasteiger partial charge in [0.2, 0.25) is 11.8 Å². The molecular formula is C18H14F3N3O3S. The first-order valence-corrected chi connectivity index (χ1v) is 8.92. The number of methoxy groups -OCH3 is 1. The number of nitrogens with one attached hydrogen (secondary N) is 1. The quantitative estimate of drug-likeness (QED) is 0.605. The Morgan fingerprint density at radius 2 is 1.86 bits per heavy atom. The van der Waals surface area contributed by atoms with Crippen LogP contribution in [-0.2, 0) is 11.0 Å². The van der Waals surface area contributed by atoms with Crippen LogP contribution >= 0.6 is 11.8 Å².